The summed E-state index contributed by atoms with van der Waals surface area (Å²) in [6.45, 7) is 0.719. The van der Waals surface area contributed by atoms with Gasteiger partial charge in [0, 0.05) is 13.1 Å². The highest BCUT2D eigenvalue weighted by molar-refractivity contribution is 7.82. The number of nitrogens with zero attached hydrogens (tertiary/aromatic N) is 1. The van der Waals surface area contributed by atoms with Crippen LogP contribution in [-0.2, 0) is 15.7 Å². The summed E-state index contributed by atoms with van der Waals surface area (Å²) in [5, 5.41) is 3.30. The molecule has 1 atom stereocenters. The molecule has 0 radical (unpaired) electrons. The molecule has 1 aromatic rings. The first kappa shape index (κ1) is 16.8. The van der Waals surface area contributed by atoms with E-state index in [4.69, 9.17) is 4.74 Å². The van der Waals surface area contributed by atoms with Gasteiger partial charge in [-0.2, -0.15) is 8.78 Å². The molecule has 1 unspecified atom stereocenters. The van der Waals surface area contributed by atoms with E-state index in [2.05, 4.69) is 10.1 Å². The third-order valence-corrected chi connectivity index (χ3v) is 5.67. The maximum absolute atomic E-state index is 12.7. The Morgan fingerprint density at radius 3 is 2.61 bits per heavy atom. The maximum Gasteiger partial charge on any atom is 0.387 e. The molecule has 0 aromatic heterocycles. The molecule has 8 heteroatoms. The van der Waals surface area contributed by atoms with Crippen molar-refractivity contribution in [1.29, 1.82) is 0 Å². The molecular formula is C15H20F2N2O3S. The van der Waals surface area contributed by atoms with Gasteiger partial charge in [0.15, 0.2) is 0 Å². The number of alkyl halides is 2. The summed E-state index contributed by atoms with van der Waals surface area (Å²) in [6, 6.07) is 5.97. The first-order valence-corrected chi connectivity index (χ1v) is 8.75. The van der Waals surface area contributed by atoms with Gasteiger partial charge in [-0.3, -0.25) is 0 Å². The van der Waals surface area contributed by atoms with Crippen LogP contribution in [0.3, 0.4) is 0 Å². The molecule has 1 aromatic carbocycles. The summed E-state index contributed by atoms with van der Waals surface area (Å²) in [5.74, 6) is 0.0672. The van der Waals surface area contributed by atoms with Crippen LogP contribution in [0.25, 0.3) is 0 Å². The third-order valence-electron chi connectivity index (χ3n) is 4.21. The van der Waals surface area contributed by atoms with E-state index in [0.717, 1.165) is 25.9 Å². The number of hydrogen-bond acceptors (Lipinski definition) is 4. The van der Waals surface area contributed by atoms with E-state index in [-0.39, 0.29) is 11.4 Å². The zero-order valence-electron chi connectivity index (χ0n) is 12.7. The number of piperidine rings is 1. The van der Waals surface area contributed by atoms with Crippen molar-refractivity contribution >= 4 is 11.0 Å². The van der Waals surface area contributed by atoms with Gasteiger partial charge in [0.1, 0.15) is 16.7 Å². The molecule has 2 aliphatic rings. The van der Waals surface area contributed by atoms with Crippen molar-refractivity contribution in [3.63, 3.8) is 0 Å². The molecule has 2 saturated heterocycles. The van der Waals surface area contributed by atoms with E-state index >= 15 is 0 Å². The standard InChI is InChI=1S/C15H20F2N2O3S/c16-14(17)22-12-1-3-13(4-2-12)23(20)19-9-10-21-15(11-19)5-7-18-8-6-15/h1-4,14,18H,5-11H2. The van der Waals surface area contributed by atoms with Crippen LogP contribution < -0.4 is 10.1 Å². The number of benzene rings is 1. The van der Waals surface area contributed by atoms with E-state index in [1.165, 1.54) is 12.1 Å². The van der Waals surface area contributed by atoms with Gasteiger partial charge in [-0.25, -0.2) is 8.51 Å². The number of ether oxygens (including phenoxy) is 2. The first-order valence-electron chi connectivity index (χ1n) is 7.64. The van der Waals surface area contributed by atoms with E-state index in [0.29, 0.717) is 24.6 Å². The van der Waals surface area contributed by atoms with Crippen LogP contribution in [0.15, 0.2) is 29.2 Å². The molecule has 0 amide bonds. The third kappa shape index (κ3) is 4.06. The Labute approximate surface area is 136 Å². The van der Waals surface area contributed by atoms with Crippen LogP contribution in [0.1, 0.15) is 12.8 Å². The average molecular weight is 346 g/mol. The van der Waals surface area contributed by atoms with Gasteiger partial charge in [0.25, 0.3) is 0 Å². The van der Waals surface area contributed by atoms with Gasteiger partial charge in [0.05, 0.1) is 17.1 Å². The Morgan fingerprint density at radius 2 is 1.96 bits per heavy atom. The van der Waals surface area contributed by atoms with Crippen LogP contribution in [0.5, 0.6) is 5.75 Å². The Hall–Kier alpha value is -1.09. The molecule has 2 fully saturated rings. The second-order valence-corrected chi connectivity index (χ2v) is 7.23. The molecule has 0 saturated carbocycles. The summed E-state index contributed by atoms with van der Waals surface area (Å²) >= 11 is 0. The Kier molecular flexibility index (Phi) is 5.25. The molecular weight excluding hydrogens is 326 g/mol. The number of nitrogens with one attached hydrogen (secondary N) is 1. The van der Waals surface area contributed by atoms with Crippen molar-refractivity contribution in [2.45, 2.75) is 29.9 Å². The lowest BCUT2D eigenvalue weighted by Crippen LogP contribution is -2.56. The lowest BCUT2D eigenvalue weighted by Gasteiger charge is -2.44. The number of hydrogen-bond donors (Lipinski definition) is 1. The van der Waals surface area contributed by atoms with E-state index in [1.54, 1.807) is 12.1 Å². The van der Waals surface area contributed by atoms with Gasteiger partial charge in [-0.15, -0.1) is 0 Å². The van der Waals surface area contributed by atoms with Crippen LogP contribution in [0.4, 0.5) is 8.78 Å². The van der Waals surface area contributed by atoms with Crippen LogP contribution in [0.2, 0.25) is 0 Å². The van der Waals surface area contributed by atoms with E-state index in [1.807, 2.05) is 4.31 Å². The summed E-state index contributed by atoms with van der Waals surface area (Å²) in [4.78, 5) is 0.581. The molecule has 128 valence electrons. The molecule has 0 bridgehead atoms. The van der Waals surface area contributed by atoms with Crippen molar-refractivity contribution in [2.24, 2.45) is 0 Å². The lowest BCUT2D eigenvalue weighted by molar-refractivity contribution is -0.104. The summed E-state index contributed by atoms with van der Waals surface area (Å²) in [6.07, 6.45) is 1.81. The molecule has 2 heterocycles. The van der Waals surface area contributed by atoms with Gasteiger partial charge in [0.2, 0.25) is 0 Å². The molecule has 5 nitrogen and oxygen atoms in total. The second-order valence-electron chi connectivity index (χ2n) is 5.74. The predicted octanol–water partition coefficient (Wildman–Crippen LogP) is 1.76. The largest absolute Gasteiger partial charge is 0.435 e. The van der Waals surface area contributed by atoms with Crippen molar-refractivity contribution in [3.8, 4) is 5.75 Å². The molecule has 1 N–H and O–H groups in total. The van der Waals surface area contributed by atoms with Crippen LogP contribution >= 0.6 is 0 Å². The van der Waals surface area contributed by atoms with Gasteiger partial charge in [-0.05, 0) is 50.2 Å². The topological polar surface area (TPSA) is 50.8 Å². The molecule has 23 heavy (non-hydrogen) atoms. The van der Waals surface area contributed by atoms with Crippen molar-refractivity contribution in [3.05, 3.63) is 24.3 Å². The highest BCUT2D eigenvalue weighted by Crippen LogP contribution is 2.29. The normalized spacial score (nSPS) is 23.1. The second kappa shape index (κ2) is 7.21. The fourth-order valence-corrected chi connectivity index (χ4v) is 4.28. The summed E-state index contributed by atoms with van der Waals surface area (Å²) < 4.78 is 49.2. The Morgan fingerprint density at radius 1 is 1.26 bits per heavy atom. The SMILES string of the molecule is O=S(c1ccc(OC(F)F)cc1)N1CCOC2(CCNCC2)C1. The maximum atomic E-state index is 12.7. The highest BCUT2D eigenvalue weighted by Gasteiger charge is 2.39. The zero-order chi connectivity index (χ0) is 16.3. The molecule has 0 aliphatic carbocycles. The zero-order valence-corrected chi connectivity index (χ0v) is 13.5. The predicted molar refractivity (Wildman–Crippen MR) is 81.8 cm³/mol. The number of rotatable bonds is 4. The van der Waals surface area contributed by atoms with Crippen molar-refractivity contribution < 1.29 is 22.5 Å². The molecule has 2 aliphatic heterocycles. The molecule has 3 rings (SSSR count). The minimum absolute atomic E-state index is 0.0672. The van der Waals surface area contributed by atoms with Crippen molar-refractivity contribution in [2.75, 3.05) is 32.8 Å². The smallest absolute Gasteiger partial charge is 0.387 e. The minimum atomic E-state index is -2.86. The quantitative estimate of drug-likeness (QED) is 0.903. The highest BCUT2D eigenvalue weighted by atomic mass is 32.2. The number of morpholine rings is 1. The number of halogens is 2. The summed E-state index contributed by atoms with van der Waals surface area (Å²) in [7, 11) is -1.33. The van der Waals surface area contributed by atoms with Gasteiger partial charge < -0.3 is 14.8 Å². The van der Waals surface area contributed by atoms with Gasteiger partial charge >= 0.3 is 6.61 Å². The summed E-state index contributed by atoms with van der Waals surface area (Å²) in [5.41, 5.74) is -0.224. The van der Waals surface area contributed by atoms with Crippen LogP contribution in [0, 0.1) is 0 Å². The lowest BCUT2D eigenvalue weighted by atomic mass is 9.91. The first-order chi connectivity index (χ1) is 11.1. The van der Waals surface area contributed by atoms with Crippen LogP contribution in [-0.4, -0.2) is 53.5 Å². The average Bonchev–Trinajstić information content (AvgIpc) is 2.55. The van der Waals surface area contributed by atoms with Gasteiger partial charge in [-0.1, -0.05) is 0 Å². The minimum Gasteiger partial charge on any atom is -0.435 e. The fraction of sp³-hybridized carbons (Fsp3) is 0.600. The molecule has 1 spiro atoms. The Balaban J connectivity index is 1.67. The van der Waals surface area contributed by atoms with Crippen molar-refractivity contribution in [1.82, 2.24) is 9.62 Å². The fourth-order valence-electron chi connectivity index (χ4n) is 3.02. The van der Waals surface area contributed by atoms with E-state index < -0.39 is 17.6 Å². The monoisotopic (exact) mass is 346 g/mol. The Bertz CT molecular complexity index is 545. The van der Waals surface area contributed by atoms with E-state index in [9.17, 15) is 13.0 Å².